The van der Waals surface area contributed by atoms with Gasteiger partial charge in [-0.2, -0.15) is 0 Å². The molecule has 0 fully saturated rings. The lowest BCUT2D eigenvalue weighted by molar-refractivity contribution is -0.136. The summed E-state index contributed by atoms with van der Waals surface area (Å²) in [5.41, 5.74) is 1.87. The minimum atomic E-state index is -0.615. The topological polar surface area (TPSA) is 61.8 Å². The molecule has 28 heavy (non-hydrogen) atoms. The van der Waals surface area contributed by atoms with Crippen LogP contribution < -0.4 is 14.2 Å². The van der Waals surface area contributed by atoms with Gasteiger partial charge in [0.25, 0.3) is 0 Å². The molecule has 0 aliphatic rings. The van der Waals surface area contributed by atoms with E-state index in [0.29, 0.717) is 17.1 Å². The maximum absolute atomic E-state index is 12.8. The number of ketones is 1. The molecule has 0 heterocycles. The lowest BCUT2D eigenvalue weighted by Gasteiger charge is -2.12. The molecule has 3 aromatic rings. The quantitative estimate of drug-likeness (QED) is 0.351. The van der Waals surface area contributed by atoms with Crippen molar-refractivity contribution in [3.8, 4) is 17.2 Å². The van der Waals surface area contributed by atoms with Crippen LogP contribution in [0.5, 0.6) is 17.2 Å². The van der Waals surface area contributed by atoms with E-state index in [1.807, 2.05) is 25.1 Å². The van der Waals surface area contributed by atoms with Crippen LogP contribution in [0, 0.1) is 6.92 Å². The summed E-state index contributed by atoms with van der Waals surface area (Å²) in [6, 6.07) is 20.9. The van der Waals surface area contributed by atoms with Gasteiger partial charge in [0.05, 0.1) is 12.7 Å². The van der Waals surface area contributed by atoms with Gasteiger partial charge in [-0.15, -0.1) is 0 Å². The second-order valence-corrected chi connectivity index (χ2v) is 6.13. The van der Waals surface area contributed by atoms with Crippen LogP contribution in [-0.4, -0.2) is 25.5 Å². The predicted molar refractivity (Wildman–Crippen MR) is 105 cm³/mol. The van der Waals surface area contributed by atoms with Crippen LogP contribution in [0.4, 0.5) is 0 Å². The van der Waals surface area contributed by atoms with Crippen LogP contribution >= 0.6 is 0 Å². The third-order valence-electron chi connectivity index (χ3n) is 4.07. The summed E-state index contributed by atoms with van der Waals surface area (Å²) in [6.45, 7) is 1.69. The fourth-order valence-electron chi connectivity index (χ4n) is 2.58. The number of ether oxygens (including phenoxy) is 3. The van der Waals surface area contributed by atoms with Gasteiger partial charge in [0.15, 0.2) is 12.4 Å². The van der Waals surface area contributed by atoms with Gasteiger partial charge >= 0.3 is 5.97 Å². The Hall–Kier alpha value is -3.60. The van der Waals surface area contributed by atoms with Crippen LogP contribution in [0.1, 0.15) is 21.5 Å². The predicted octanol–water partition coefficient (Wildman–Crippen LogP) is 4.22. The van der Waals surface area contributed by atoms with Crippen molar-refractivity contribution in [2.45, 2.75) is 6.92 Å². The van der Waals surface area contributed by atoms with Crippen molar-refractivity contribution in [2.75, 3.05) is 13.7 Å². The van der Waals surface area contributed by atoms with Crippen molar-refractivity contribution >= 4 is 11.8 Å². The van der Waals surface area contributed by atoms with E-state index < -0.39 is 5.97 Å². The van der Waals surface area contributed by atoms with E-state index in [9.17, 15) is 9.59 Å². The Kier molecular flexibility index (Phi) is 6.07. The van der Waals surface area contributed by atoms with Gasteiger partial charge < -0.3 is 14.2 Å². The van der Waals surface area contributed by atoms with Crippen LogP contribution in [0.2, 0.25) is 0 Å². The summed E-state index contributed by atoms with van der Waals surface area (Å²) in [6.07, 6.45) is 0. The molecule has 3 rings (SSSR count). The van der Waals surface area contributed by atoms with Gasteiger partial charge in [0.1, 0.15) is 17.2 Å². The molecule has 3 aromatic carbocycles. The lowest BCUT2D eigenvalue weighted by atomic mass is 10.0. The van der Waals surface area contributed by atoms with E-state index in [0.717, 1.165) is 5.56 Å². The second-order valence-electron chi connectivity index (χ2n) is 6.13. The number of benzene rings is 3. The molecule has 5 nitrogen and oxygen atoms in total. The van der Waals surface area contributed by atoms with Gasteiger partial charge in [-0.05, 0) is 31.2 Å². The highest BCUT2D eigenvalue weighted by molar-refractivity contribution is 6.11. The highest BCUT2D eigenvalue weighted by Crippen LogP contribution is 2.27. The third kappa shape index (κ3) is 4.76. The van der Waals surface area contributed by atoms with Gasteiger partial charge in [-0.25, -0.2) is 4.79 Å². The number of rotatable bonds is 7. The monoisotopic (exact) mass is 376 g/mol. The van der Waals surface area contributed by atoms with Crippen molar-refractivity contribution < 1.29 is 23.8 Å². The molecule has 0 aromatic heterocycles. The molecule has 0 saturated heterocycles. The molecule has 0 N–H and O–H groups in total. The van der Waals surface area contributed by atoms with E-state index in [1.165, 1.54) is 13.2 Å². The van der Waals surface area contributed by atoms with Crippen molar-refractivity contribution in [1.29, 1.82) is 0 Å². The number of aryl methyl sites for hydroxylation is 1. The van der Waals surface area contributed by atoms with Gasteiger partial charge in [0, 0.05) is 11.6 Å². The number of hydrogen-bond donors (Lipinski definition) is 0. The molecular weight excluding hydrogens is 356 g/mol. The maximum atomic E-state index is 12.8. The Morgan fingerprint density at radius 1 is 0.857 bits per heavy atom. The number of methoxy groups -OCH3 is 1. The van der Waals surface area contributed by atoms with E-state index in [-0.39, 0.29) is 23.7 Å². The summed E-state index contributed by atoms with van der Waals surface area (Å²) in [7, 11) is 1.50. The molecule has 142 valence electrons. The molecule has 0 aliphatic carbocycles. The SMILES string of the molecule is COc1ccc(C(=O)c2ccccc2)c(OC(=O)COc2ccc(C)cc2)c1. The first-order valence-electron chi connectivity index (χ1n) is 8.75. The first-order valence-corrected chi connectivity index (χ1v) is 8.75. The standard InChI is InChI=1S/C23H20O5/c1-16-8-10-18(11-9-16)27-15-22(24)28-21-14-19(26-2)12-13-20(21)23(25)17-6-4-3-5-7-17/h3-14H,15H2,1-2H3. The first-order chi connectivity index (χ1) is 13.6. The molecule has 0 bridgehead atoms. The molecule has 0 saturated carbocycles. The highest BCUT2D eigenvalue weighted by atomic mass is 16.6. The summed E-state index contributed by atoms with van der Waals surface area (Å²) >= 11 is 0. The van der Waals surface area contributed by atoms with Crippen molar-refractivity contribution in [2.24, 2.45) is 0 Å². The lowest BCUT2D eigenvalue weighted by Crippen LogP contribution is -2.19. The van der Waals surface area contributed by atoms with Crippen LogP contribution in [0.15, 0.2) is 72.8 Å². The van der Waals surface area contributed by atoms with E-state index >= 15 is 0 Å². The molecule has 0 aliphatic heterocycles. The molecule has 0 atom stereocenters. The van der Waals surface area contributed by atoms with Crippen LogP contribution in [0.25, 0.3) is 0 Å². The third-order valence-corrected chi connectivity index (χ3v) is 4.07. The number of hydrogen-bond acceptors (Lipinski definition) is 5. The number of carbonyl (C=O) groups excluding carboxylic acids is 2. The number of carbonyl (C=O) groups is 2. The fourth-order valence-corrected chi connectivity index (χ4v) is 2.58. The molecule has 0 amide bonds. The molecule has 0 spiro atoms. The van der Waals surface area contributed by atoms with Gasteiger partial charge in [-0.3, -0.25) is 4.79 Å². The summed E-state index contributed by atoms with van der Waals surface area (Å²) < 4.78 is 16.0. The molecular formula is C23H20O5. The van der Waals surface area contributed by atoms with Crippen LogP contribution in [-0.2, 0) is 4.79 Å². The smallest absolute Gasteiger partial charge is 0.349 e. The second kappa shape index (κ2) is 8.86. The molecule has 5 heteroatoms. The van der Waals surface area contributed by atoms with Crippen LogP contribution in [0.3, 0.4) is 0 Å². The van der Waals surface area contributed by atoms with E-state index in [2.05, 4.69) is 0 Å². The summed E-state index contributed by atoms with van der Waals surface area (Å²) in [4.78, 5) is 25.1. The molecule has 0 radical (unpaired) electrons. The Bertz CT molecular complexity index is 962. The summed E-state index contributed by atoms with van der Waals surface area (Å²) in [5.74, 6) is 0.313. The average molecular weight is 376 g/mol. The van der Waals surface area contributed by atoms with Gasteiger partial charge in [0.2, 0.25) is 0 Å². The molecule has 0 unspecified atom stereocenters. The Labute approximate surface area is 163 Å². The summed E-state index contributed by atoms with van der Waals surface area (Å²) in [5, 5.41) is 0. The van der Waals surface area contributed by atoms with E-state index in [4.69, 9.17) is 14.2 Å². The van der Waals surface area contributed by atoms with Gasteiger partial charge in [-0.1, -0.05) is 48.0 Å². The minimum Gasteiger partial charge on any atom is -0.497 e. The van der Waals surface area contributed by atoms with Crippen molar-refractivity contribution in [1.82, 2.24) is 0 Å². The highest BCUT2D eigenvalue weighted by Gasteiger charge is 2.18. The Morgan fingerprint density at radius 3 is 2.21 bits per heavy atom. The van der Waals surface area contributed by atoms with E-state index in [1.54, 1.807) is 48.5 Å². The fraction of sp³-hybridized carbons (Fsp3) is 0.130. The zero-order chi connectivity index (χ0) is 19.9. The normalized spacial score (nSPS) is 10.2. The minimum absolute atomic E-state index is 0.130. The zero-order valence-corrected chi connectivity index (χ0v) is 15.7. The largest absolute Gasteiger partial charge is 0.497 e. The Balaban J connectivity index is 1.76. The average Bonchev–Trinajstić information content (AvgIpc) is 2.73. The Morgan fingerprint density at radius 2 is 1.54 bits per heavy atom. The van der Waals surface area contributed by atoms with Crippen molar-refractivity contribution in [3.63, 3.8) is 0 Å². The number of esters is 1. The zero-order valence-electron chi connectivity index (χ0n) is 15.7. The first kappa shape index (κ1) is 19.2. The van der Waals surface area contributed by atoms with Crippen molar-refractivity contribution in [3.05, 3.63) is 89.5 Å². The maximum Gasteiger partial charge on any atom is 0.349 e.